The fourth-order valence-electron chi connectivity index (χ4n) is 1.40. The SMILES string of the molecule is Cn1cc(-c2cncc(CC#N)c2)cn1. The van der Waals surface area contributed by atoms with Crippen LogP contribution in [0.25, 0.3) is 11.1 Å². The van der Waals surface area contributed by atoms with Gasteiger partial charge in [-0.05, 0) is 11.6 Å². The minimum Gasteiger partial charge on any atom is -0.275 e. The van der Waals surface area contributed by atoms with Crippen molar-refractivity contribution in [3.8, 4) is 17.2 Å². The first-order valence-corrected chi connectivity index (χ1v) is 4.59. The van der Waals surface area contributed by atoms with Gasteiger partial charge in [-0.15, -0.1) is 0 Å². The quantitative estimate of drug-likeness (QED) is 0.735. The lowest BCUT2D eigenvalue weighted by molar-refractivity contribution is 0.768. The van der Waals surface area contributed by atoms with Gasteiger partial charge in [-0.3, -0.25) is 9.67 Å². The highest BCUT2D eigenvalue weighted by atomic mass is 15.2. The third kappa shape index (κ3) is 2.02. The summed E-state index contributed by atoms with van der Waals surface area (Å²) in [6, 6.07) is 4.07. The minimum absolute atomic E-state index is 0.390. The van der Waals surface area contributed by atoms with E-state index in [4.69, 9.17) is 5.26 Å². The Kier molecular flexibility index (Phi) is 2.46. The summed E-state index contributed by atoms with van der Waals surface area (Å²) in [4.78, 5) is 4.10. The van der Waals surface area contributed by atoms with Gasteiger partial charge in [-0.2, -0.15) is 10.4 Å². The molecule has 0 aliphatic carbocycles. The number of aryl methyl sites for hydroxylation is 1. The van der Waals surface area contributed by atoms with Crippen LogP contribution in [0.3, 0.4) is 0 Å². The molecule has 0 unspecified atom stereocenters. The summed E-state index contributed by atoms with van der Waals surface area (Å²) < 4.78 is 1.74. The van der Waals surface area contributed by atoms with Gasteiger partial charge in [0.05, 0.1) is 18.7 Å². The molecule has 0 fully saturated rings. The van der Waals surface area contributed by atoms with E-state index < -0.39 is 0 Å². The topological polar surface area (TPSA) is 54.5 Å². The maximum absolute atomic E-state index is 8.59. The fraction of sp³-hybridized carbons (Fsp3) is 0.182. The molecular formula is C11H10N4. The predicted molar refractivity (Wildman–Crippen MR) is 55.8 cm³/mol. The van der Waals surface area contributed by atoms with Crippen LogP contribution in [-0.4, -0.2) is 14.8 Å². The van der Waals surface area contributed by atoms with Crippen LogP contribution < -0.4 is 0 Å². The molecule has 2 rings (SSSR count). The van der Waals surface area contributed by atoms with Gasteiger partial charge in [0.15, 0.2) is 0 Å². The van der Waals surface area contributed by atoms with E-state index in [1.165, 1.54) is 0 Å². The summed E-state index contributed by atoms with van der Waals surface area (Å²) in [5.41, 5.74) is 2.94. The zero-order valence-corrected chi connectivity index (χ0v) is 8.38. The molecule has 0 saturated heterocycles. The Morgan fingerprint density at radius 2 is 2.20 bits per heavy atom. The zero-order chi connectivity index (χ0) is 10.7. The predicted octanol–water partition coefficient (Wildman–Crippen LogP) is 1.55. The Morgan fingerprint density at radius 3 is 2.87 bits per heavy atom. The largest absolute Gasteiger partial charge is 0.275 e. The van der Waals surface area contributed by atoms with E-state index >= 15 is 0 Å². The van der Waals surface area contributed by atoms with Gasteiger partial charge in [0.2, 0.25) is 0 Å². The van der Waals surface area contributed by atoms with E-state index in [9.17, 15) is 0 Å². The highest BCUT2D eigenvalue weighted by Gasteiger charge is 2.01. The fourth-order valence-corrected chi connectivity index (χ4v) is 1.40. The third-order valence-electron chi connectivity index (χ3n) is 2.12. The number of hydrogen-bond donors (Lipinski definition) is 0. The lowest BCUT2D eigenvalue weighted by Crippen LogP contribution is -1.86. The molecule has 0 bridgehead atoms. The first-order chi connectivity index (χ1) is 7.29. The zero-order valence-electron chi connectivity index (χ0n) is 8.38. The number of rotatable bonds is 2. The van der Waals surface area contributed by atoms with Crippen LogP contribution in [0.4, 0.5) is 0 Å². The van der Waals surface area contributed by atoms with E-state index in [-0.39, 0.29) is 0 Å². The van der Waals surface area contributed by atoms with Gasteiger partial charge in [-0.1, -0.05) is 0 Å². The highest BCUT2D eigenvalue weighted by molar-refractivity contribution is 5.61. The van der Waals surface area contributed by atoms with Crippen molar-refractivity contribution in [2.45, 2.75) is 6.42 Å². The molecule has 2 heterocycles. The van der Waals surface area contributed by atoms with Crippen molar-refractivity contribution in [1.82, 2.24) is 14.8 Å². The molecule has 4 heteroatoms. The van der Waals surface area contributed by atoms with Crippen LogP contribution in [0.1, 0.15) is 5.56 Å². The number of pyridine rings is 1. The van der Waals surface area contributed by atoms with Crippen molar-refractivity contribution < 1.29 is 0 Å². The summed E-state index contributed by atoms with van der Waals surface area (Å²) in [5, 5.41) is 12.7. The van der Waals surface area contributed by atoms with Crippen LogP contribution in [0.2, 0.25) is 0 Å². The van der Waals surface area contributed by atoms with Crippen LogP contribution in [0.5, 0.6) is 0 Å². The van der Waals surface area contributed by atoms with Crippen LogP contribution in [0, 0.1) is 11.3 Å². The molecule has 0 amide bonds. The standard InChI is InChI=1S/C11H10N4/c1-15-8-11(7-14-15)10-4-9(2-3-12)5-13-6-10/h4-8H,2H2,1H3. The molecule has 15 heavy (non-hydrogen) atoms. The van der Waals surface area contributed by atoms with Crippen molar-refractivity contribution in [2.75, 3.05) is 0 Å². The van der Waals surface area contributed by atoms with Crippen molar-refractivity contribution in [3.05, 3.63) is 36.4 Å². The van der Waals surface area contributed by atoms with E-state index in [0.717, 1.165) is 16.7 Å². The van der Waals surface area contributed by atoms with Crippen molar-refractivity contribution >= 4 is 0 Å². The Bertz CT molecular complexity index is 507. The lowest BCUT2D eigenvalue weighted by atomic mass is 10.1. The highest BCUT2D eigenvalue weighted by Crippen LogP contribution is 2.18. The molecule has 0 radical (unpaired) electrons. The first-order valence-electron chi connectivity index (χ1n) is 4.59. The molecule has 0 N–H and O–H groups in total. The molecule has 2 aromatic rings. The molecule has 0 atom stereocenters. The van der Waals surface area contributed by atoms with Gasteiger partial charge in [0, 0.05) is 36.8 Å². The molecular weight excluding hydrogens is 188 g/mol. The molecule has 0 aromatic carbocycles. The second-order valence-electron chi connectivity index (χ2n) is 3.32. The summed E-state index contributed by atoms with van der Waals surface area (Å²) in [5.74, 6) is 0. The smallest absolute Gasteiger partial charge is 0.0670 e. The number of aromatic nitrogens is 3. The summed E-state index contributed by atoms with van der Waals surface area (Å²) in [6.07, 6.45) is 7.59. The summed E-state index contributed by atoms with van der Waals surface area (Å²) in [6.45, 7) is 0. The van der Waals surface area contributed by atoms with Crippen LogP contribution in [-0.2, 0) is 13.5 Å². The van der Waals surface area contributed by atoms with Crippen molar-refractivity contribution in [1.29, 1.82) is 5.26 Å². The molecule has 0 saturated carbocycles. The van der Waals surface area contributed by atoms with E-state index in [1.807, 2.05) is 19.3 Å². The summed E-state index contributed by atoms with van der Waals surface area (Å²) >= 11 is 0. The van der Waals surface area contributed by atoms with E-state index in [1.54, 1.807) is 23.3 Å². The van der Waals surface area contributed by atoms with Crippen molar-refractivity contribution in [2.24, 2.45) is 7.05 Å². The monoisotopic (exact) mass is 198 g/mol. The van der Waals surface area contributed by atoms with Gasteiger partial charge < -0.3 is 0 Å². The van der Waals surface area contributed by atoms with Crippen LogP contribution >= 0.6 is 0 Å². The maximum Gasteiger partial charge on any atom is 0.0670 e. The minimum atomic E-state index is 0.390. The van der Waals surface area contributed by atoms with Crippen LogP contribution in [0.15, 0.2) is 30.9 Å². The van der Waals surface area contributed by atoms with E-state index in [0.29, 0.717) is 6.42 Å². The first kappa shape index (κ1) is 9.41. The Hall–Kier alpha value is -2.15. The number of nitrogens with zero attached hydrogens (tertiary/aromatic N) is 4. The average Bonchev–Trinajstić information content (AvgIpc) is 2.66. The maximum atomic E-state index is 8.59. The second-order valence-corrected chi connectivity index (χ2v) is 3.32. The Morgan fingerprint density at radius 1 is 1.33 bits per heavy atom. The van der Waals surface area contributed by atoms with Gasteiger partial charge in [0.25, 0.3) is 0 Å². The molecule has 4 nitrogen and oxygen atoms in total. The lowest BCUT2D eigenvalue weighted by Gasteiger charge is -1.98. The molecule has 0 spiro atoms. The number of nitriles is 1. The Labute approximate surface area is 87.8 Å². The van der Waals surface area contributed by atoms with E-state index in [2.05, 4.69) is 16.2 Å². The van der Waals surface area contributed by atoms with Gasteiger partial charge >= 0.3 is 0 Å². The molecule has 0 aliphatic rings. The number of hydrogen-bond acceptors (Lipinski definition) is 3. The normalized spacial score (nSPS) is 9.87. The second kappa shape index (κ2) is 3.93. The third-order valence-corrected chi connectivity index (χ3v) is 2.12. The van der Waals surface area contributed by atoms with Gasteiger partial charge in [-0.25, -0.2) is 0 Å². The molecule has 74 valence electrons. The van der Waals surface area contributed by atoms with Crippen molar-refractivity contribution in [3.63, 3.8) is 0 Å². The molecule has 0 aliphatic heterocycles. The average molecular weight is 198 g/mol. The molecule has 2 aromatic heterocycles. The summed E-state index contributed by atoms with van der Waals surface area (Å²) in [7, 11) is 1.87. The Balaban J connectivity index is 2.37. The van der Waals surface area contributed by atoms with Gasteiger partial charge in [0.1, 0.15) is 0 Å².